The van der Waals surface area contributed by atoms with Crippen LogP contribution >= 0.6 is 11.3 Å². The van der Waals surface area contributed by atoms with E-state index in [0.29, 0.717) is 10.7 Å². The number of aromatic nitrogens is 1. The van der Waals surface area contributed by atoms with E-state index in [0.717, 1.165) is 34.7 Å². The van der Waals surface area contributed by atoms with Crippen molar-refractivity contribution in [3.05, 3.63) is 94.6 Å². The van der Waals surface area contributed by atoms with Crippen LogP contribution in [0.4, 0.5) is 15.2 Å². The van der Waals surface area contributed by atoms with Gasteiger partial charge in [-0.1, -0.05) is 24.3 Å². The fraction of sp³-hybridized carbons (Fsp3) is 0.0435. The van der Waals surface area contributed by atoms with E-state index in [9.17, 15) is 17.6 Å². The number of halogens is 1. The Bertz CT molecular complexity index is 1430. The van der Waals surface area contributed by atoms with Crippen LogP contribution < -0.4 is 10.0 Å². The molecule has 0 radical (unpaired) electrons. The predicted molar refractivity (Wildman–Crippen MR) is 122 cm³/mol. The summed E-state index contributed by atoms with van der Waals surface area (Å²) in [5.74, 6) is -0.854. The number of carbonyl (C=O) groups is 1. The molecule has 2 N–H and O–H groups in total. The molecule has 0 saturated carbocycles. The van der Waals surface area contributed by atoms with Crippen molar-refractivity contribution in [3.63, 3.8) is 0 Å². The average Bonchev–Trinajstić information content (AvgIpc) is 3.31. The maximum absolute atomic E-state index is 13.0. The molecule has 0 unspecified atom stereocenters. The fourth-order valence-electron chi connectivity index (χ4n) is 3.50. The lowest BCUT2D eigenvalue weighted by Gasteiger charge is -2.09. The van der Waals surface area contributed by atoms with E-state index in [-0.39, 0.29) is 16.5 Å². The van der Waals surface area contributed by atoms with Crippen LogP contribution in [0.2, 0.25) is 0 Å². The van der Waals surface area contributed by atoms with Crippen LogP contribution in [0.5, 0.6) is 0 Å². The molecule has 0 saturated heterocycles. The summed E-state index contributed by atoms with van der Waals surface area (Å²) in [6.45, 7) is 0. The van der Waals surface area contributed by atoms with Crippen LogP contribution in [0.15, 0.2) is 77.7 Å². The molecule has 4 aromatic rings. The summed E-state index contributed by atoms with van der Waals surface area (Å²) >= 11 is 1.45. The van der Waals surface area contributed by atoms with Crippen LogP contribution in [-0.4, -0.2) is 19.3 Å². The first-order chi connectivity index (χ1) is 15.4. The van der Waals surface area contributed by atoms with Gasteiger partial charge < -0.3 is 0 Å². The van der Waals surface area contributed by atoms with Crippen molar-refractivity contribution >= 4 is 38.1 Å². The number of anilines is 2. The number of fused-ring (bicyclic) bond motifs is 3. The first kappa shape index (κ1) is 20.3. The molecule has 0 bridgehead atoms. The molecule has 1 heterocycles. The van der Waals surface area contributed by atoms with Crippen molar-refractivity contribution < 1.29 is 17.6 Å². The number of amides is 1. The van der Waals surface area contributed by atoms with Crippen molar-refractivity contribution in [1.82, 2.24) is 4.98 Å². The summed E-state index contributed by atoms with van der Waals surface area (Å²) < 4.78 is 40.3. The molecule has 0 aliphatic heterocycles. The summed E-state index contributed by atoms with van der Waals surface area (Å²) in [5, 5.41) is 3.34. The normalized spacial score (nSPS) is 12.2. The Morgan fingerprint density at radius 3 is 2.44 bits per heavy atom. The standard InChI is InChI=1S/C23H16FN3O3S2/c24-16-7-11-18(12-8-16)32(29,30)27-17-9-5-14(6-10-17)22(28)26-23-25-21-19-4-2-1-3-15(19)13-20(21)31-23/h1-12,27H,13H2,(H,25,26,28). The quantitative estimate of drug-likeness (QED) is 0.386. The van der Waals surface area contributed by atoms with E-state index < -0.39 is 15.8 Å². The summed E-state index contributed by atoms with van der Waals surface area (Å²) in [4.78, 5) is 18.3. The van der Waals surface area contributed by atoms with Crippen LogP contribution in [0.25, 0.3) is 11.3 Å². The van der Waals surface area contributed by atoms with Gasteiger partial charge in [0.25, 0.3) is 15.9 Å². The maximum Gasteiger partial charge on any atom is 0.261 e. The van der Waals surface area contributed by atoms with Crippen molar-refractivity contribution in [2.75, 3.05) is 10.0 Å². The van der Waals surface area contributed by atoms with Crippen LogP contribution in [-0.2, 0) is 16.4 Å². The highest BCUT2D eigenvalue weighted by Gasteiger charge is 2.23. The first-order valence-electron chi connectivity index (χ1n) is 9.67. The minimum absolute atomic E-state index is 0.0564. The van der Waals surface area contributed by atoms with Gasteiger partial charge in [-0.05, 0) is 54.1 Å². The minimum Gasteiger partial charge on any atom is -0.298 e. The van der Waals surface area contributed by atoms with E-state index in [1.807, 2.05) is 18.2 Å². The number of thiazole rings is 1. The highest BCUT2D eigenvalue weighted by molar-refractivity contribution is 7.92. The summed E-state index contributed by atoms with van der Waals surface area (Å²) in [6.07, 6.45) is 0.807. The van der Waals surface area contributed by atoms with E-state index in [2.05, 4.69) is 21.1 Å². The molecule has 6 nitrogen and oxygen atoms in total. The zero-order chi connectivity index (χ0) is 22.3. The lowest BCUT2D eigenvalue weighted by atomic mass is 10.1. The van der Waals surface area contributed by atoms with Gasteiger partial charge >= 0.3 is 0 Å². The van der Waals surface area contributed by atoms with Gasteiger partial charge in [0.2, 0.25) is 0 Å². The van der Waals surface area contributed by atoms with Gasteiger partial charge in [-0.15, -0.1) is 11.3 Å². The molecule has 0 atom stereocenters. The van der Waals surface area contributed by atoms with Gasteiger partial charge in [-0.2, -0.15) is 0 Å². The van der Waals surface area contributed by atoms with Gasteiger partial charge in [0.15, 0.2) is 5.13 Å². The largest absolute Gasteiger partial charge is 0.298 e. The summed E-state index contributed by atoms with van der Waals surface area (Å²) in [7, 11) is -3.86. The second-order valence-electron chi connectivity index (χ2n) is 7.22. The third-order valence-corrected chi connectivity index (χ3v) is 7.43. The fourth-order valence-corrected chi connectivity index (χ4v) is 5.55. The van der Waals surface area contributed by atoms with Crippen molar-refractivity contribution in [3.8, 4) is 11.3 Å². The second-order valence-corrected chi connectivity index (χ2v) is 9.98. The Morgan fingerprint density at radius 1 is 0.969 bits per heavy atom. The Labute approximate surface area is 187 Å². The third kappa shape index (κ3) is 3.88. The van der Waals surface area contributed by atoms with Crippen molar-refractivity contribution in [2.45, 2.75) is 11.3 Å². The summed E-state index contributed by atoms with van der Waals surface area (Å²) in [5.41, 5.74) is 3.89. The topological polar surface area (TPSA) is 88.2 Å². The molecule has 32 heavy (non-hydrogen) atoms. The van der Waals surface area contributed by atoms with Crippen LogP contribution in [0.1, 0.15) is 20.8 Å². The molecule has 9 heteroatoms. The molecular formula is C23H16FN3O3S2. The number of hydrogen-bond acceptors (Lipinski definition) is 5. The van der Waals surface area contributed by atoms with Gasteiger partial charge in [-0.25, -0.2) is 17.8 Å². The SMILES string of the molecule is O=C(Nc1nc2c(s1)Cc1ccccc1-2)c1ccc(NS(=O)(=O)c2ccc(F)cc2)cc1. The van der Waals surface area contributed by atoms with Gasteiger partial charge in [0.1, 0.15) is 5.82 Å². The minimum atomic E-state index is -3.86. The van der Waals surface area contributed by atoms with Gasteiger partial charge in [-0.3, -0.25) is 14.8 Å². The lowest BCUT2D eigenvalue weighted by Crippen LogP contribution is -2.14. The lowest BCUT2D eigenvalue weighted by molar-refractivity contribution is 0.102. The summed E-state index contributed by atoms with van der Waals surface area (Å²) in [6, 6.07) is 18.6. The van der Waals surface area contributed by atoms with Crippen LogP contribution in [0.3, 0.4) is 0 Å². The highest BCUT2D eigenvalue weighted by Crippen LogP contribution is 2.40. The van der Waals surface area contributed by atoms with Gasteiger partial charge in [0.05, 0.1) is 10.6 Å². The van der Waals surface area contributed by atoms with E-state index in [1.165, 1.54) is 53.3 Å². The zero-order valence-electron chi connectivity index (χ0n) is 16.5. The Morgan fingerprint density at radius 2 is 1.69 bits per heavy atom. The number of benzene rings is 3. The highest BCUT2D eigenvalue weighted by atomic mass is 32.2. The number of sulfonamides is 1. The molecule has 160 valence electrons. The van der Waals surface area contributed by atoms with Crippen molar-refractivity contribution in [2.24, 2.45) is 0 Å². The number of carbonyl (C=O) groups excluding carboxylic acids is 1. The molecule has 5 rings (SSSR count). The Hall–Kier alpha value is -3.56. The third-order valence-electron chi connectivity index (χ3n) is 5.06. The molecule has 1 amide bonds. The maximum atomic E-state index is 13.0. The second kappa shape index (κ2) is 7.85. The predicted octanol–water partition coefficient (Wildman–Crippen LogP) is 4.91. The molecule has 0 spiro atoms. The van der Waals surface area contributed by atoms with Crippen LogP contribution in [0, 0.1) is 5.82 Å². The monoisotopic (exact) mass is 465 g/mol. The Kier molecular flexibility index (Phi) is 4.99. The molecule has 0 fully saturated rings. The molecule has 1 aromatic heterocycles. The van der Waals surface area contributed by atoms with E-state index in [1.54, 1.807) is 0 Å². The number of hydrogen-bond donors (Lipinski definition) is 2. The smallest absolute Gasteiger partial charge is 0.261 e. The average molecular weight is 466 g/mol. The number of nitrogens with zero attached hydrogens (tertiary/aromatic N) is 1. The molecule has 1 aliphatic carbocycles. The molecular weight excluding hydrogens is 449 g/mol. The first-order valence-corrected chi connectivity index (χ1v) is 12.0. The van der Waals surface area contributed by atoms with E-state index in [4.69, 9.17) is 0 Å². The number of rotatable bonds is 5. The molecule has 3 aromatic carbocycles. The van der Waals surface area contributed by atoms with Crippen molar-refractivity contribution in [1.29, 1.82) is 0 Å². The van der Waals surface area contributed by atoms with E-state index >= 15 is 0 Å². The van der Waals surface area contributed by atoms with Gasteiger partial charge in [0, 0.05) is 28.1 Å². The number of nitrogens with one attached hydrogen (secondary N) is 2. The zero-order valence-corrected chi connectivity index (χ0v) is 18.1. The molecule has 1 aliphatic rings. The Balaban J connectivity index is 1.28.